The summed E-state index contributed by atoms with van der Waals surface area (Å²) in [4.78, 5) is 2.61. The fourth-order valence-electron chi connectivity index (χ4n) is 3.19. The number of ether oxygens (including phenoxy) is 1. The Labute approximate surface area is 123 Å². The van der Waals surface area contributed by atoms with Crippen molar-refractivity contribution in [2.75, 3.05) is 25.4 Å². The fraction of sp³-hybridized carbons (Fsp3) is 0.647. The molecular weight excluding hydrogens is 248 g/mol. The van der Waals surface area contributed by atoms with E-state index in [1.807, 2.05) is 24.3 Å². The van der Waals surface area contributed by atoms with Gasteiger partial charge in [0.15, 0.2) is 0 Å². The predicted octanol–water partition coefficient (Wildman–Crippen LogP) is 3.40. The van der Waals surface area contributed by atoms with Crippen LogP contribution in [0, 0.1) is 11.8 Å². The van der Waals surface area contributed by atoms with Crippen LogP contribution >= 0.6 is 0 Å². The van der Waals surface area contributed by atoms with E-state index in [4.69, 9.17) is 10.5 Å². The van der Waals surface area contributed by atoms with Crippen molar-refractivity contribution in [3.05, 3.63) is 24.3 Å². The molecule has 0 bridgehead atoms. The van der Waals surface area contributed by atoms with Crippen LogP contribution in [0.5, 0.6) is 5.75 Å². The summed E-state index contributed by atoms with van der Waals surface area (Å²) in [6.45, 7) is 10.2. The van der Waals surface area contributed by atoms with Gasteiger partial charge in [0.2, 0.25) is 0 Å². The molecule has 3 atom stereocenters. The Morgan fingerprint density at radius 3 is 2.85 bits per heavy atom. The first kappa shape index (κ1) is 15.2. The molecule has 1 heterocycles. The molecule has 20 heavy (non-hydrogen) atoms. The summed E-state index contributed by atoms with van der Waals surface area (Å²) < 4.78 is 5.76. The molecule has 1 saturated heterocycles. The van der Waals surface area contributed by atoms with Gasteiger partial charge < -0.3 is 15.4 Å². The minimum absolute atomic E-state index is 0.693. The zero-order chi connectivity index (χ0) is 14.5. The molecule has 0 saturated carbocycles. The summed E-state index contributed by atoms with van der Waals surface area (Å²) in [5.41, 5.74) is 6.50. The minimum atomic E-state index is 0.693. The van der Waals surface area contributed by atoms with E-state index in [1.54, 1.807) is 0 Å². The normalized spacial score (nSPS) is 27.4. The number of hydrogen-bond donors (Lipinski definition) is 1. The molecule has 3 nitrogen and oxygen atoms in total. The number of anilines is 1. The monoisotopic (exact) mass is 276 g/mol. The van der Waals surface area contributed by atoms with Gasteiger partial charge in [-0.05, 0) is 43.7 Å². The van der Waals surface area contributed by atoms with Crippen molar-refractivity contribution in [1.82, 2.24) is 4.90 Å². The van der Waals surface area contributed by atoms with E-state index < -0.39 is 0 Å². The highest BCUT2D eigenvalue weighted by Crippen LogP contribution is 2.26. The molecule has 1 fully saturated rings. The third-order valence-electron chi connectivity index (χ3n) is 4.44. The lowest BCUT2D eigenvalue weighted by Crippen LogP contribution is -2.46. The Balaban J connectivity index is 1.72. The molecule has 2 rings (SSSR count). The number of likely N-dealkylation sites (tertiary alicyclic amines) is 1. The highest BCUT2D eigenvalue weighted by Gasteiger charge is 2.27. The van der Waals surface area contributed by atoms with Crippen LogP contribution in [0.15, 0.2) is 24.3 Å². The van der Waals surface area contributed by atoms with Gasteiger partial charge in [-0.3, -0.25) is 0 Å². The third kappa shape index (κ3) is 4.14. The molecule has 1 aliphatic heterocycles. The third-order valence-corrected chi connectivity index (χ3v) is 4.44. The fourth-order valence-corrected chi connectivity index (χ4v) is 3.19. The lowest BCUT2D eigenvalue weighted by molar-refractivity contribution is 0.0746. The van der Waals surface area contributed by atoms with Crippen molar-refractivity contribution >= 4 is 5.69 Å². The standard InChI is InChI=1S/C17H28N2O/c1-13-10-14(2)15(3)19(12-13)8-5-9-20-17-7-4-6-16(18)11-17/h4,6-7,11,13-15H,5,8-10,12,18H2,1-3H3. The summed E-state index contributed by atoms with van der Waals surface area (Å²) in [6, 6.07) is 8.35. The molecule has 2 N–H and O–H groups in total. The summed E-state index contributed by atoms with van der Waals surface area (Å²) in [5, 5.41) is 0. The number of nitrogens with zero attached hydrogens (tertiary/aromatic N) is 1. The van der Waals surface area contributed by atoms with Crippen molar-refractivity contribution in [3.8, 4) is 5.75 Å². The first-order valence-corrected chi connectivity index (χ1v) is 7.78. The first-order chi connectivity index (χ1) is 9.56. The van der Waals surface area contributed by atoms with E-state index in [0.29, 0.717) is 6.04 Å². The number of nitrogens with two attached hydrogens (primary N) is 1. The van der Waals surface area contributed by atoms with Gasteiger partial charge in [0, 0.05) is 30.9 Å². The molecule has 0 aliphatic carbocycles. The van der Waals surface area contributed by atoms with E-state index in [1.165, 1.54) is 13.0 Å². The van der Waals surface area contributed by atoms with Gasteiger partial charge >= 0.3 is 0 Å². The molecule has 1 aliphatic rings. The molecule has 1 aromatic rings. The molecule has 0 spiro atoms. The Morgan fingerprint density at radius 1 is 1.30 bits per heavy atom. The SMILES string of the molecule is CC1CC(C)C(C)N(CCCOc2cccc(N)c2)C1. The van der Waals surface area contributed by atoms with Crippen LogP contribution in [0.4, 0.5) is 5.69 Å². The second kappa shape index (κ2) is 6.98. The lowest BCUT2D eigenvalue weighted by Gasteiger charge is -2.41. The zero-order valence-corrected chi connectivity index (χ0v) is 13.0. The zero-order valence-electron chi connectivity index (χ0n) is 13.0. The largest absolute Gasteiger partial charge is 0.493 e. The molecular formula is C17H28N2O. The van der Waals surface area contributed by atoms with E-state index in [-0.39, 0.29) is 0 Å². The van der Waals surface area contributed by atoms with Crippen molar-refractivity contribution in [2.45, 2.75) is 39.7 Å². The van der Waals surface area contributed by atoms with Crippen molar-refractivity contribution in [2.24, 2.45) is 11.8 Å². The van der Waals surface area contributed by atoms with Crippen LogP contribution in [-0.4, -0.2) is 30.6 Å². The maximum Gasteiger partial charge on any atom is 0.121 e. The number of nitrogen functional groups attached to an aromatic ring is 1. The van der Waals surface area contributed by atoms with Crippen molar-refractivity contribution in [3.63, 3.8) is 0 Å². The molecule has 3 unspecified atom stereocenters. The van der Waals surface area contributed by atoms with Crippen LogP contribution < -0.4 is 10.5 Å². The summed E-state index contributed by atoms with van der Waals surface area (Å²) >= 11 is 0. The van der Waals surface area contributed by atoms with Crippen LogP contribution in [0.1, 0.15) is 33.6 Å². The second-order valence-electron chi connectivity index (χ2n) is 6.33. The summed E-state index contributed by atoms with van der Waals surface area (Å²) in [6.07, 6.45) is 2.43. The van der Waals surface area contributed by atoms with Gasteiger partial charge in [0.05, 0.1) is 6.61 Å². The molecule has 0 radical (unpaired) electrons. The average molecular weight is 276 g/mol. The maximum atomic E-state index is 5.76. The van der Waals surface area contributed by atoms with Gasteiger partial charge in [0.25, 0.3) is 0 Å². The second-order valence-corrected chi connectivity index (χ2v) is 6.33. The van der Waals surface area contributed by atoms with Gasteiger partial charge in [-0.1, -0.05) is 19.9 Å². The number of rotatable bonds is 5. The van der Waals surface area contributed by atoms with E-state index in [2.05, 4.69) is 25.7 Å². The average Bonchev–Trinajstić information content (AvgIpc) is 2.40. The number of benzene rings is 1. The smallest absolute Gasteiger partial charge is 0.121 e. The molecule has 0 aromatic heterocycles. The van der Waals surface area contributed by atoms with E-state index >= 15 is 0 Å². The highest BCUT2D eigenvalue weighted by atomic mass is 16.5. The minimum Gasteiger partial charge on any atom is -0.493 e. The lowest BCUT2D eigenvalue weighted by atomic mass is 9.86. The van der Waals surface area contributed by atoms with Crippen LogP contribution in [0.2, 0.25) is 0 Å². The topological polar surface area (TPSA) is 38.5 Å². The van der Waals surface area contributed by atoms with Crippen LogP contribution in [0.25, 0.3) is 0 Å². The Bertz CT molecular complexity index is 421. The quantitative estimate of drug-likeness (QED) is 0.661. The van der Waals surface area contributed by atoms with Gasteiger partial charge in [-0.2, -0.15) is 0 Å². The predicted molar refractivity (Wildman–Crippen MR) is 84.9 cm³/mol. The highest BCUT2D eigenvalue weighted by molar-refractivity contribution is 5.43. The van der Waals surface area contributed by atoms with Gasteiger partial charge in [0.1, 0.15) is 5.75 Å². The van der Waals surface area contributed by atoms with Gasteiger partial charge in [-0.25, -0.2) is 0 Å². The van der Waals surface area contributed by atoms with Gasteiger partial charge in [-0.15, -0.1) is 0 Å². The molecule has 3 heteroatoms. The Hall–Kier alpha value is -1.22. The van der Waals surface area contributed by atoms with Crippen molar-refractivity contribution in [1.29, 1.82) is 0 Å². The Morgan fingerprint density at radius 2 is 2.10 bits per heavy atom. The number of hydrogen-bond acceptors (Lipinski definition) is 3. The summed E-state index contributed by atoms with van der Waals surface area (Å²) in [7, 11) is 0. The first-order valence-electron chi connectivity index (χ1n) is 7.78. The molecule has 112 valence electrons. The Kier molecular flexibility index (Phi) is 5.30. The molecule has 0 amide bonds. The van der Waals surface area contributed by atoms with Crippen molar-refractivity contribution < 1.29 is 4.74 Å². The van der Waals surface area contributed by atoms with Crippen LogP contribution in [0.3, 0.4) is 0 Å². The van der Waals surface area contributed by atoms with E-state index in [0.717, 1.165) is 42.8 Å². The summed E-state index contributed by atoms with van der Waals surface area (Å²) in [5.74, 6) is 2.49. The number of piperidine rings is 1. The molecule has 1 aromatic carbocycles. The van der Waals surface area contributed by atoms with Crippen LogP contribution in [-0.2, 0) is 0 Å². The van der Waals surface area contributed by atoms with E-state index in [9.17, 15) is 0 Å². The maximum absolute atomic E-state index is 5.76.